The Morgan fingerprint density at radius 2 is 0.412 bits per heavy atom. The highest BCUT2D eigenvalue weighted by Gasteiger charge is 2.30. The van der Waals surface area contributed by atoms with Crippen molar-refractivity contribution in [3.63, 3.8) is 0 Å². The van der Waals surface area contributed by atoms with E-state index in [2.05, 4.69) is 27.7 Å². The molecule has 0 amide bonds. The van der Waals surface area contributed by atoms with Gasteiger partial charge in [-0.25, -0.2) is 9.13 Å². The lowest BCUT2D eigenvalue weighted by atomic mass is 10.0. The minimum Gasteiger partial charge on any atom is -0.462 e. The van der Waals surface area contributed by atoms with Gasteiger partial charge in [-0.05, 0) is 25.7 Å². The van der Waals surface area contributed by atoms with Gasteiger partial charge in [0.1, 0.15) is 19.3 Å². The highest BCUT2D eigenvalue weighted by Crippen LogP contribution is 2.45. The summed E-state index contributed by atoms with van der Waals surface area (Å²) >= 11 is 0. The van der Waals surface area contributed by atoms with E-state index in [1.54, 1.807) is 0 Å². The Morgan fingerprint density at radius 3 is 0.608 bits per heavy atom. The van der Waals surface area contributed by atoms with E-state index in [4.69, 9.17) is 37.0 Å². The number of hydrogen-bond acceptors (Lipinski definition) is 15. The lowest BCUT2D eigenvalue weighted by Gasteiger charge is -2.21. The molecule has 0 aliphatic rings. The van der Waals surface area contributed by atoms with Crippen molar-refractivity contribution < 1.29 is 80.2 Å². The van der Waals surface area contributed by atoms with Crippen molar-refractivity contribution in [1.82, 2.24) is 0 Å². The summed E-state index contributed by atoms with van der Waals surface area (Å²) in [5.74, 6) is -2.11. The minimum atomic E-state index is -4.96. The quantitative estimate of drug-likeness (QED) is 0.0222. The molecule has 97 heavy (non-hydrogen) atoms. The third-order valence-corrected chi connectivity index (χ3v) is 20.3. The molecule has 19 heteroatoms. The van der Waals surface area contributed by atoms with Crippen molar-refractivity contribution in [3.8, 4) is 0 Å². The topological polar surface area (TPSA) is 237 Å². The summed E-state index contributed by atoms with van der Waals surface area (Å²) in [6, 6.07) is 0. The summed E-state index contributed by atoms with van der Waals surface area (Å²) in [4.78, 5) is 72.8. The molecule has 0 aliphatic carbocycles. The van der Waals surface area contributed by atoms with E-state index < -0.39 is 97.5 Å². The molecule has 17 nitrogen and oxygen atoms in total. The molecule has 576 valence electrons. The average molecular weight is 1420 g/mol. The highest BCUT2D eigenvalue weighted by atomic mass is 31.2. The number of carbonyl (C=O) groups is 4. The number of carbonyl (C=O) groups excluding carboxylic acids is 4. The van der Waals surface area contributed by atoms with Gasteiger partial charge in [0.25, 0.3) is 0 Å². The highest BCUT2D eigenvalue weighted by molar-refractivity contribution is 7.47. The first kappa shape index (κ1) is 95.1. The normalized spacial score (nSPS) is 13.8. The van der Waals surface area contributed by atoms with Crippen molar-refractivity contribution in [2.75, 3.05) is 39.6 Å². The molecule has 0 aromatic carbocycles. The van der Waals surface area contributed by atoms with Crippen LogP contribution in [0.1, 0.15) is 419 Å². The standard InChI is InChI=1S/C78H152O17P2/c1-5-9-13-17-21-25-29-31-33-35-37-39-41-43-45-49-53-57-61-65-78(83)95-74(69-89-76(81)63-59-55-51-48-44-42-40-38-36-34-32-30-26-22-18-14-10-6-2)71-93-97(86,87)91-67-72(79)66-90-96(84,85)92-70-73(94-77(82)64-60-56-52-47-28-24-20-16-12-8-4)68-88-75(80)62-58-54-50-46-27-23-19-15-11-7-3/h72-74,79H,5-71H2,1-4H3,(H,84,85)(H,86,87)/t72-,73+,74+/m0/s1. The Hall–Kier alpha value is -1.94. The molecule has 0 aromatic rings. The average Bonchev–Trinajstić information content (AvgIpc) is 2.00. The van der Waals surface area contributed by atoms with Gasteiger partial charge in [0.2, 0.25) is 0 Å². The number of ether oxygens (including phenoxy) is 4. The maximum Gasteiger partial charge on any atom is 0.472 e. The van der Waals surface area contributed by atoms with Crippen LogP contribution in [0.3, 0.4) is 0 Å². The molecule has 0 radical (unpaired) electrons. The molecule has 0 fully saturated rings. The van der Waals surface area contributed by atoms with Crippen LogP contribution in [0.4, 0.5) is 0 Å². The molecule has 0 saturated carbocycles. The summed E-state index contributed by atoms with van der Waals surface area (Å²) in [5, 5.41) is 10.6. The van der Waals surface area contributed by atoms with Gasteiger partial charge in [-0.2, -0.15) is 0 Å². The zero-order valence-corrected chi connectivity index (χ0v) is 64.8. The molecular formula is C78H152O17P2. The van der Waals surface area contributed by atoms with Gasteiger partial charge >= 0.3 is 39.5 Å². The zero-order chi connectivity index (χ0) is 71.1. The summed E-state index contributed by atoms with van der Waals surface area (Å²) in [6.07, 6.45) is 63.8. The third-order valence-electron chi connectivity index (χ3n) is 18.4. The molecule has 0 aliphatic heterocycles. The number of aliphatic hydroxyl groups is 1. The van der Waals surface area contributed by atoms with Crippen LogP contribution >= 0.6 is 15.6 Å². The van der Waals surface area contributed by atoms with Gasteiger partial charge < -0.3 is 33.8 Å². The van der Waals surface area contributed by atoms with Crippen LogP contribution in [-0.2, 0) is 65.4 Å². The van der Waals surface area contributed by atoms with Gasteiger partial charge in [0.15, 0.2) is 12.2 Å². The maximum absolute atomic E-state index is 13.1. The number of unbranched alkanes of at least 4 members (excludes halogenated alkanes) is 53. The summed E-state index contributed by atoms with van der Waals surface area (Å²) in [7, 11) is -9.91. The van der Waals surface area contributed by atoms with Crippen LogP contribution in [0.5, 0.6) is 0 Å². The number of phosphoric acid groups is 2. The zero-order valence-electron chi connectivity index (χ0n) is 63.1. The predicted molar refractivity (Wildman–Crippen MR) is 395 cm³/mol. The molecule has 0 heterocycles. The van der Waals surface area contributed by atoms with Crippen molar-refractivity contribution in [1.29, 1.82) is 0 Å². The lowest BCUT2D eigenvalue weighted by Crippen LogP contribution is -2.30. The first-order valence-electron chi connectivity index (χ1n) is 40.8. The van der Waals surface area contributed by atoms with E-state index in [0.29, 0.717) is 25.7 Å². The van der Waals surface area contributed by atoms with E-state index in [1.807, 2.05) is 0 Å². The maximum atomic E-state index is 13.1. The number of esters is 4. The van der Waals surface area contributed by atoms with Gasteiger partial charge in [0.05, 0.1) is 26.4 Å². The van der Waals surface area contributed by atoms with E-state index in [0.717, 1.165) is 89.9 Å². The first-order valence-corrected chi connectivity index (χ1v) is 43.8. The van der Waals surface area contributed by atoms with Gasteiger partial charge in [0, 0.05) is 25.7 Å². The fourth-order valence-electron chi connectivity index (χ4n) is 12.1. The Bertz CT molecular complexity index is 1840. The van der Waals surface area contributed by atoms with Crippen molar-refractivity contribution in [2.24, 2.45) is 0 Å². The minimum absolute atomic E-state index is 0.107. The van der Waals surface area contributed by atoms with Crippen molar-refractivity contribution in [2.45, 2.75) is 438 Å². The second kappa shape index (κ2) is 72.4. The van der Waals surface area contributed by atoms with Crippen LogP contribution in [0, 0.1) is 0 Å². The molecule has 2 unspecified atom stereocenters. The number of phosphoric ester groups is 2. The Morgan fingerprint density at radius 1 is 0.247 bits per heavy atom. The van der Waals surface area contributed by atoms with Crippen LogP contribution in [0.2, 0.25) is 0 Å². The van der Waals surface area contributed by atoms with Crippen LogP contribution in [0.15, 0.2) is 0 Å². The summed E-state index contributed by atoms with van der Waals surface area (Å²) in [5.41, 5.74) is 0. The number of aliphatic hydroxyl groups excluding tert-OH is 1. The van der Waals surface area contributed by atoms with Gasteiger partial charge in [-0.1, -0.05) is 368 Å². The Kier molecular flexibility index (Phi) is 71.0. The second-order valence-corrected chi connectivity index (χ2v) is 31.0. The fourth-order valence-corrected chi connectivity index (χ4v) is 13.7. The van der Waals surface area contributed by atoms with E-state index in [-0.39, 0.29) is 25.7 Å². The Labute approximate surface area is 594 Å². The van der Waals surface area contributed by atoms with Crippen LogP contribution in [-0.4, -0.2) is 96.7 Å². The molecular weight excluding hydrogens is 1270 g/mol. The second-order valence-electron chi connectivity index (χ2n) is 28.1. The molecule has 0 spiro atoms. The smallest absolute Gasteiger partial charge is 0.462 e. The Balaban J connectivity index is 5.20. The van der Waals surface area contributed by atoms with Gasteiger partial charge in [-0.3, -0.25) is 37.3 Å². The summed E-state index contributed by atoms with van der Waals surface area (Å²) < 4.78 is 68.5. The van der Waals surface area contributed by atoms with Gasteiger partial charge in [-0.15, -0.1) is 0 Å². The first-order chi connectivity index (χ1) is 47.2. The van der Waals surface area contributed by atoms with Crippen molar-refractivity contribution in [3.05, 3.63) is 0 Å². The number of hydrogen-bond donors (Lipinski definition) is 3. The predicted octanol–water partition coefficient (Wildman–Crippen LogP) is 23.4. The largest absolute Gasteiger partial charge is 0.472 e. The monoisotopic (exact) mass is 1420 g/mol. The van der Waals surface area contributed by atoms with Crippen LogP contribution < -0.4 is 0 Å². The van der Waals surface area contributed by atoms with Crippen LogP contribution in [0.25, 0.3) is 0 Å². The fraction of sp³-hybridized carbons (Fsp3) is 0.949. The molecule has 5 atom stereocenters. The molecule has 0 saturated heterocycles. The molecule has 3 N–H and O–H groups in total. The molecule has 0 bridgehead atoms. The SMILES string of the molecule is CCCCCCCCCCCCCCCCCCCCCC(=O)O[C@H](COC(=O)CCCCCCCCCCCCCCCCCCCC)COP(=O)(O)OC[C@@H](O)COP(=O)(O)OC[C@@H](COC(=O)CCCCCCCCCCCC)OC(=O)CCCCCCCCCCCC. The van der Waals surface area contributed by atoms with E-state index >= 15 is 0 Å². The van der Waals surface area contributed by atoms with E-state index in [1.165, 1.54) is 250 Å². The molecule has 0 rings (SSSR count). The third kappa shape index (κ3) is 72.2. The van der Waals surface area contributed by atoms with Crippen molar-refractivity contribution >= 4 is 39.5 Å². The summed E-state index contributed by atoms with van der Waals surface area (Å²) in [6.45, 7) is 4.99. The van der Waals surface area contributed by atoms with E-state index in [9.17, 15) is 43.2 Å². The molecule has 0 aromatic heterocycles. The number of rotatable bonds is 79. The lowest BCUT2D eigenvalue weighted by molar-refractivity contribution is -0.161.